The van der Waals surface area contributed by atoms with Crippen LogP contribution in [-0.2, 0) is 6.61 Å². The number of carbonyl (C=O) groups excluding carboxylic acids is 1. The molecular formula is C22H21BrN4O2. The van der Waals surface area contributed by atoms with Crippen molar-refractivity contribution in [2.45, 2.75) is 6.61 Å². The van der Waals surface area contributed by atoms with Crippen molar-refractivity contribution in [2.24, 2.45) is 0 Å². The number of para-hydroxylation sites is 1. The van der Waals surface area contributed by atoms with Gasteiger partial charge < -0.3 is 14.5 Å². The minimum absolute atomic E-state index is 0.0107. The Morgan fingerprint density at radius 3 is 2.48 bits per heavy atom. The summed E-state index contributed by atoms with van der Waals surface area (Å²) in [5, 5.41) is 0. The standard InChI is InChI=1S/C22H21BrN4O2/c23-18-6-3-5-17(15-18)16-29-20-8-2-1-7-19(20)21(28)26-11-13-27(14-12-26)22-24-9-4-10-25-22/h1-10,15H,11-14,16H2. The fourth-order valence-corrected chi connectivity index (χ4v) is 3.74. The molecule has 0 bridgehead atoms. The lowest BCUT2D eigenvalue weighted by Crippen LogP contribution is -2.49. The van der Waals surface area contributed by atoms with Crippen molar-refractivity contribution in [3.63, 3.8) is 0 Å². The van der Waals surface area contributed by atoms with Crippen LogP contribution in [0, 0.1) is 0 Å². The Labute approximate surface area is 178 Å². The highest BCUT2D eigenvalue weighted by atomic mass is 79.9. The predicted molar refractivity (Wildman–Crippen MR) is 115 cm³/mol. The van der Waals surface area contributed by atoms with Gasteiger partial charge >= 0.3 is 0 Å². The van der Waals surface area contributed by atoms with E-state index in [1.807, 2.05) is 53.4 Å². The van der Waals surface area contributed by atoms with Crippen LogP contribution >= 0.6 is 15.9 Å². The molecule has 0 saturated carbocycles. The first-order chi connectivity index (χ1) is 14.2. The lowest BCUT2D eigenvalue weighted by Gasteiger charge is -2.34. The first kappa shape index (κ1) is 19.4. The second kappa shape index (κ2) is 9.05. The third-order valence-corrected chi connectivity index (χ3v) is 5.30. The number of anilines is 1. The fourth-order valence-electron chi connectivity index (χ4n) is 3.29. The van der Waals surface area contributed by atoms with E-state index in [2.05, 4.69) is 30.8 Å². The molecule has 4 rings (SSSR count). The molecule has 29 heavy (non-hydrogen) atoms. The van der Waals surface area contributed by atoms with E-state index < -0.39 is 0 Å². The maximum absolute atomic E-state index is 13.1. The Morgan fingerprint density at radius 1 is 0.966 bits per heavy atom. The van der Waals surface area contributed by atoms with Crippen molar-refractivity contribution in [3.8, 4) is 5.75 Å². The van der Waals surface area contributed by atoms with E-state index in [4.69, 9.17) is 4.74 Å². The maximum atomic E-state index is 13.1. The van der Waals surface area contributed by atoms with Gasteiger partial charge in [0.25, 0.3) is 5.91 Å². The van der Waals surface area contributed by atoms with E-state index >= 15 is 0 Å². The molecule has 1 aliphatic heterocycles. The molecular weight excluding hydrogens is 432 g/mol. The van der Waals surface area contributed by atoms with Gasteiger partial charge in [-0.15, -0.1) is 0 Å². The number of amides is 1. The zero-order chi connectivity index (χ0) is 20.1. The molecule has 2 aromatic carbocycles. The van der Waals surface area contributed by atoms with E-state index in [1.54, 1.807) is 18.5 Å². The Hall–Kier alpha value is -2.93. The molecule has 1 aliphatic rings. The van der Waals surface area contributed by atoms with Crippen molar-refractivity contribution in [3.05, 3.63) is 82.6 Å². The molecule has 0 unspecified atom stereocenters. The van der Waals surface area contributed by atoms with E-state index in [0.29, 0.717) is 50.0 Å². The van der Waals surface area contributed by atoms with E-state index in [0.717, 1.165) is 10.0 Å². The highest BCUT2D eigenvalue weighted by molar-refractivity contribution is 9.10. The Kier molecular flexibility index (Phi) is 6.05. The zero-order valence-corrected chi connectivity index (χ0v) is 17.5. The molecule has 2 heterocycles. The number of carbonyl (C=O) groups is 1. The first-order valence-electron chi connectivity index (χ1n) is 9.48. The molecule has 0 N–H and O–H groups in total. The van der Waals surface area contributed by atoms with Gasteiger partial charge in [-0.3, -0.25) is 4.79 Å². The second-order valence-electron chi connectivity index (χ2n) is 6.74. The van der Waals surface area contributed by atoms with Gasteiger partial charge in [-0.2, -0.15) is 0 Å². The summed E-state index contributed by atoms with van der Waals surface area (Å²) in [6, 6.07) is 17.2. The van der Waals surface area contributed by atoms with Gasteiger partial charge in [-0.1, -0.05) is 40.2 Å². The van der Waals surface area contributed by atoms with Crippen LogP contribution in [0.2, 0.25) is 0 Å². The summed E-state index contributed by atoms with van der Waals surface area (Å²) in [6.07, 6.45) is 3.47. The monoisotopic (exact) mass is 452 g/mol. The van der Waals surface area contributed by atoms with Crippen molar-refractivity contribution in [2.75, 3.05) is 31.1 Å². The SMILES string of the molecule is O=C(c1ccccc1OCc1cccc(Br)c1)N1CCN(c2ncccn2)CC1. The number of nitrogens with zero attached hydrogens (tertiary/aromatic N) is 4. The number of halogens is 1. The number of hydrogen-bond donors (Lipinski definition) is 0. The van der Waals surface area contributed by atoms with Gasteiger partial charge in [-0.25, -0.2) is 9.97 Å². The van der Waals surface area contributed by atoms with Gasteiger partial charge in [0, 0.05) is 43.0 Å². The van der Waals surface area contributed by atoms with Crippen LogP contribution in [0.5, 0.6) is 5.75 Å². The number of rotatable bonds is 5. The first-order valence-corrected chi connectivity index (χ1v) is 10.3. The number of ether oxygens (including phenoxy) is 1. The van der Waals surface area contributed by atoms with Crippen LogP contribution in [0.3, 0.4) is 0 Å². The highest BCUT2D eigenvalue weighted by Crippen LogP contribution is 2.23. The summed E-state index contributed by atoms with van der Waals surface area (Å²) >= 11 is 3.47. The Balaban J connectivity index is 1.41. The van der Waals surface area contributed by atoms with Crippen LogP contribution in [0.1, 0.15) is 15.9 Å². The van der Waals surface area contributed by atoms with Crippen molar-refractivity contribution in [1.29, 1.82) is 0 Å². The molecule has 7 heteroatoms. The molecule has 1 saturated heterocycles. The summed E-state index contributed by atoms with van der Waals surface area (Å²) in [7, 11) is 0. The number of benzene rings is 2. The summed E-state index contributed by atoms with van der Waals surface area (Å²) in [5.41, 5.74) is 1.63. The average molecular weight is 453 g/mol. The number of piperazine rings is 1. The van der Waals surface area contributed by atoms with Crippen LogP contribution in [-0.4, -0.2) is 47.0 Å². The fraction of sp³-hybridized carbons (Fsp3) is 0.227. The smallest absolute Gasteiger partial charge is 0.257 e. The molecule has 1 aromatic heterocycles. The van der Waals surface area contributed by atoms with Gasteiger partial charge in [0.15, 0.2) is 0 Å². The van der Waals surface area contributed by atoms with Crippen LogP contribution < -0.4 is 9.64 Å². The molecule has 148 valence electrons. The molecule has 0 radical (unpaired) electrons. The normalized spacial score (nSPS) is 14.0. The molecule has 6 nitrogen and oxygen atoms in total. The molecule has 0 spiro atoms. The van der Waals surface area contributed by atoms with Crippen molar-refractivity contribution in [1.82, 2.24) is 14.9 Å². The Morgan fingerprint density at radius 2 is 1.72 bits per heavy atom. The zero-order valence-electron chi connectivity index (χ0n) is 15.9. The second-order valence-corrected chi connectivity index (χ2v) is 7.66. The van der Waals surface area contributed by atoms with E-state index in [9.17, 15) is 4.79 Å². The summed E-state index contributed by atoms with van der Waals surface area (Å²) < 4.78 is 6.98. The van der Waals surface area contributed by atoms with E-state index in [-0.39, 0.29) is 5.91 Å². The molecule has 3 aromatic rings. The minimum atomic E-state index is -0.0107. The molecule has 1 amide bonds. The highest BCUT2D eigenvalue weighted by Gasteiger charge is 2.25. The lowest BCUT2D eigenvalue weighted by atomic mass is 10.1. The summed E-state index contributed by atoms with van der Waals surface area (Å²) in [5.74, 6) is 1.30. The third-order valence-electron chi connectivity index (χ3n) is 4.80. The number of aromatic nitrogens is 2. The van der Waals surface area contributed by atoms with Crippen molar-refractivity contribution >= 4 is 27.8 Å². The maximum Gasteiger partial charge on any atom is 0.257 e. The molecule has 0 atom stereocenters. The lowest BCUT2D eigenvalue weighted by molar-refractivity contribution is 0.0741. The summed E-state index contributed by atoms with van der Waals surface area (Å²) in [4.78, 5) is 25.7. The van der Waals surface area contributed by atoms with Crippen LogP contribution in [0.15, 0.2) is 71.5 Å². The molecule has 1 fully saturated rings. The van der Waals surface area contributed by atoms with Crippen LogP contribution in [0.25, 0.3) is 0 Å². The minimum Gasteiger partial charge on any atom is -0.488 e. The van der Waals surface area contributed by atoms with E-state index in [1.165, 1.54) is 0 Å². The summed E-state index contributed by atoms with van der Waals surface area (Å²) in [6.45, 7) is 3.06. The van der Waals surface area contributed by atoms with Gasteiger partial charge in [0.1, 0.15) is 12.4 Å². The quantitative estimate of drug-likeness (QED) is 0.589. The van der Waals surface area contributed by atoms with Crippen molar-refractivity contribution < 1.29 is 9.53 Å². The third kappa shape index (κ3) is 4.74. The number of hydrogen-bond acceptors (Lipinski definition) is 5. The topological polar surface area (TPSA) is 58.6 Å². The van der Waals surface area contributed by atoms with Gasteiger partial charge in [0.05, 0.1) is 5.56 Å². The predicted octanol–water partition coefficient (Wildman–Crippen LogP) is 3.78. The largest absolute Gasteiger partial charge is 0.488 e. The Bertz CT molecular complexity index is 975. The van der Waals surface area contributed by atoms with Gasteiger partial charge in [0.2, 0.25) is 5.95 Å². The molecule has 0 aliphatic carbocycles. The average Bonchev–Trinajstić information content (AvgIpc) is 2.78. The van der Waals surface area contributed by atoms with Gasteiger partial charge in [-0.05, 0) is 35.9 Å². The van der Waals surface area contributed by atoms with Crippen LogP contribution in [0.4, 0.5) is 5.95 Å².